The topological polar surface area (TPSA) is 46.5 Å². The van der Waals surface area contributed by atoms with E-state index < -0.39 is 5.82 Å². The van der Waals surface area contributed by atoms with E-state index in [1.165, 1.54) is 6.07 Å². The van der Waals surface area contributed by atoms with Crippen molar-refractivity contribution in [2.24, 2.45) is 0 Å². The normalized spacial score (nSPS) is 14.9. The molecule has 0 unspecified atom stereocenters. The molecule has 2 rings (SSSR count). The second-order valence-corrected chi connectivity index (χ2v) is 3.13. The summed E-state index contributed by atoms with van der Waals surface area (Å²) in [5.41, 5.74) is 0.421. The number of ether oxygens (including phenoxy) is 1. The summed E-state index contributed by atoms with van der Waals surface area (Å²) in [7, 11) is 0. The highest BCUT2D eigenvalue weighted by atomic mass is 19.1. The molecule has 74 valence electrons. The first kappa shape index (κ1) is 9.15. The highest BCUT2D eigenvalue weighted by molar-refractivity contribution is 5.99. The zero-order chi connectivity index (χ0) is 10.1. The van der Waals surface area contributed by atoms with Crippen molar-refractivity contribution in [2.45, 2.75) is 13.0 Å². The van der Waals surface area contributed by atoms with Crippen LogP contribution in [0, 0.1) is 5.82 Å². The number of hydrogen-bond donors (Lipinski definition) is 1. The lowest BCUT2D eigenvalue weighted by atomic mass is 10.0. The van der Waals surface area contributed by atoms with Crippen LogP contribution >= 0.6 is 0 Å². The number of aliphatic hydroxyl groups excluding tert-OH is 1. The fourth-order valence-corrected chi connectivity index (χ4v) is 1.49. The molecule has 1 heterocycles. The molecular formula is C10H9FO3. The Morgan fingerprint density at radius 3 is 3.00 bits per heavy atom. The summed E-state index contributed by atoms with van der Waals surface area (Å²) in [6, 6.07) is 2.65. The molecule has 0 amide bonds. The highest BCUT2D eigenvalue weighted by Crippen LogP contribution is 2.28. The van der Waals surface area contributed by atoms with Crippen LogP contribution in [0.4, 0.5) is 4.39 Å². The fraction of sp³-hybridized carbons (Fsp3) is 0.300. The smallest absolute Gasteiger partial charge is 0.172 e. The van der Waals surface area contributed by atoms with Crippen molar-refractivity contribution in [3.8, 4) is 5.75 Å². The molecule has 0 spiro atoms. The summed E-state index contributed by atoms with van der Waals surface area (Å²) in [5, 5.41) is 8.82. The molecule has 0 aromatic heterocycles. The van der Waals surface area contributed by atoms with E-state index in [1.807, 2.05) is 0 Å². The molecule has 0 atom stereocenters. The molecule has 1 N–H and O–H groups in total. The highest BCUT2D eigenvalue weighted by Gasteiger charge is 2.23. The van der Waals surface area contributed by atoms with Crippen LogP contribution < -0.4 is 4.74 Å². The average molecular weight is 196 g/mol. The van der Waals surface area contributed by atoms with Gasteiger partial charge in [-0.05, 0) is 17.7 Å². The van der Waals surface area contributed by atoms with Crippen LogP contribution in [0.2, 0.25) is 0 Å². The molecule has 1 aliphatic rings. The quantitative estimate of drug-likeness (QED) is 0.736. The second kappa shape index (κ2) is 3.38. The molecular weight excluding hydrogens is 187 g/mol. The van der Waals surface area contributed by atoms with Gasteiger partial charge >= 0.3 is 0 Å². The molecule has 14 heavy (non-hydrogen) atoms. The lowest BCUT2D eigenvalue weighted by Gasteiger charge is -2.17. The van der Waals surface area contributed by atoms with E-state index in [-0.39, 0.29) is 36.7 Å². The van der Waals surface area contributed by atoms with Crippen molar-refractivity contribution in [2.75, 3.05) is 6.61 Å². The minimum Gasteiger partial charge on any atom is -0.492 e. The number of fused-ring (bicyclic) bond motifs is 1. The number of carbonyl (C=O) groups is 1. The van der Waals surface area contributed by atoms with Gasteiger partial charge in [0.15, 0.2) is 5.78 Å². The van der Waals surface area contributed by atoms with E-state index in [1.54, 1.807) is 0 Å². The Morgan fingerprint density at radius 2 is 2.29 bits per heavy atom. The summed E-state index contributed by atoms with van der Waals surface area (Å²) in [6.45, 7) is 0.0158. The van der Waals surface area contributed by atoms with Gasteiger partial charge in [-0.3, -0.25) is 4.79 Å². The number of rotatable bonds is 1. The number of benzene rings is 1. The minimum atomic E-state index is -0.615. The van der Waals surface area contributed by atoms with Gasteiger partial charge in [0, 0.05) is 6.42 Å². The van der Waals surface area contributed by atoms with Gasteiger partial charge in [-0.15, -0.1) is 0 Å². The molecule has 4 heteroatoms. The Hall–Kier alpha value is -1.42. The maximum atomic E-state index is 13.4. The van der Waals surface area contributed by atoms with Gasteiger partial charge in [-0.2, -0.15) is 0 Å². The van der Waals surface area contributed by atoms with E-state index in [9.17, 15) is 9.18 Å². The number of hydrogen-bond acceptors (Lipinski definition) is 3. The van der Waals surface area contributed by atoms with Gasteiger partial charge < -0.3 is 9.84 Å². The van der Waals surface area contributed by atoms with Gasteiger partial charge in [0.2, 0.25) is 0 Å². The van der Waals surface area contributed by atoms with Gasteiger partial charge in [0.05, 0.1) is 18.8 Å². The SMILES string of the molecule is O=C1CCOc2cc(CO)cc(F)c21. The van der Waals surface area contributed by atoms with Crippen molar-refractivity contribution < 1.29 is 19.0 Å². The molecule has 0 bridgehead atoms. The zero-order valence-corrected chi connectivity index (χ0v) is 7.42. The first-order valence-corrected chi connectivity index (χ1v) is 4.31. The lowest BCUT2D eigenvalue weighted by molar-refractivity contribution is 0.0927. The molecule has 0 saturated carbocycles. The van der Waals surface area contributed by atoms with E-state index in [0.717, 1.165) is 6.07 Å². The molecule has 1 aromatic rings. The third-order valence-corrected chi connectivity index (χ3v) is 2.16. The van der Waals surface area contributed by atoms with Crippen LogP contribution in [0.1, 0.15) is 22.3 Å². The molecule has 0 saturated heterocycles. The number of carbonyl (C=O) groups excluding carboxylic acids is 1. The van der Waals surface area contributed by atoms with Gasteiger partial charge in [-0.25, -0.2) is 4.39 Å². The molecule has 0 fully saturated rings. The Morgan fingerprint density at radius 1 is 1.50 bits per heavy atom. The summed E-state index contributed by atoms with van der Waals surface area (Å²) >= 11 is 0. The van der Waals surface area contributed by atoms with E-state index >= 15 is 0 Å². The van der Waals surface area contributed by atoms with Crippen molar-refractivity contribution >= 4 is 5.78 Å². The van der Waals surface area contributed by atoms with Crippen LogP contribution in [-0.2, 0) is 6.61 Å². The van der Waals surface area contributed by atoms with Crippen molar-refractivity contribution in [1.29, 1.82) is 0 Å². The van der Waals surface area contributed by atoms with Crippen molar-refractivity contribution in [3.63, 3.8) is 0 Å². The maximum Gasteiger partial charge on any atom is 0.172 e. The van der Waals surface area contributed by atoms with Gasteiger partial charge in [0.25, 0.3) is 0 Å². The third kappa shape index (κ3) is 1.37. The maximum absolute atomic E-state index is 13.4. The number of Topliss-reactive ketones (excluding diaryl/α,β-unsaturated/α-hetero) is 1. The van der Waals surface area contributed by atoms with Crippen molar-refractivity contribution in [1.82, 2.24) is 0 Å². The third-order valence-electron chi connectivity index (χ3n) is 2.16. The van der Waals surface area contributed by atoms with Crippen LogP contribution in [0.3, 0.4) is 0 Å². The number of ketones is 1. The van der Waals surface area contributed by atoms with Crippen LogP contribution in [-0.4, -0.2) is 17.5 Å². The van der Waals surface area contributed by atoms with Crippen molar-refractivity contribution in [3.05, 3.63) is 29.1 Å². The molecule has 1 aromatic carbocycles. The van der Waals surface area contributed by atoms with Gasteiger partial charge in [-0.1, -0.05) is 0 Å². The first-order valence-electron chi connectivity index (χ1n) is 4.31. The number of halogens is 1. The Bertz CT molecular complexity index is 387. The molecule has 0 aliphatic carbocycles. The Kier molecular flexibility index (Phi) is 2.21. The van der Waals surface area contributed by atoms with Crippen LogP contribution in [0.5, 0.6) is 5.75 Å². The van der Waals surface area contributed by atoms with E-state index in [0.29, 0.717) is 5.56 Å². The Balaban J connectivity index is 2.56. The minimum absolute atomic E-state index is 0.00782. The lowest BCUT2D eigenvalue weighted by Crippen LogP contribution is -2.17. The van der Waals surface area contributed by atoms with Gasteiger partial charge in [0.1, 0.15) is 11.6 Å². The first-order chi connectivity index (χ1) is 6.72. The summed E-state index contributed by atoms with van der Waals surface area (Å²) in [6.07, 6.45) is 0.211. The second-order valence-electron chi connectivity index (χ2n) is 3.13. The number of aliphatic hydroxyl groups is 1. The largest absolute Gasteiger partial charge is 0.492 e. The monoisotopic (exact) mass is 196 g/mol. The molecule has 3 nitrogen and oxygen atoms in total. The zero-order valence-electron chi connectivity index (χ0n) is 7.42. The summed E-state index contributed by atoms with van der Waals surface area (Å²) < 4.78 is 18.5. The Labute approximate surface area is 80.1 Å². The predicted octanol–water partition coefficient (Wildman–Crippen LogP) is 1.28. The predicted molar refractivity (Wildman–Crippen MR) is 46.8 cm³/mol. The summed E-state index contributed by atoms with van der Waals surface area (Å²) in [5.74, 6) is -0.616. The summed E-state index contributed by atoms with van der Waals surface area (Å²) in [4.78, 5) is 11.3. The van der Waals surface area contributed by atoms with Crippen LogP contribution in [0.15, 0.2) is 12.1 Å². The van der Waals surface area contributed by atoms with Crippen LogP contribution in [0.25, 0.3) is 0 Å². The molecule has 0 radical (unpaired) electrons. The van der Waals surface area contributed by atoms with E-state index in [4.69, 9.17) is 9.84 Å². The average Bonchev–Trinajstić information content (AvgIpc) is 2.17. The molecule has 1 aliphatic heterocycles. The fourth-order valence-electron chi connectivity index (χ4n) is 1.49. The van der Waals surface area contributed by atoms with E-state index in [2.05, 4.69) is 0 Å². The standard InChI is InChI=1S/C10H9FO3/c11-7-3-6(5-12)4-9-10(7)8(13)1-2-14-9/h3-4,12H,1-2,5H2.